The Bertz CT molecular complexity index is 1310. The molecule has 0 bridgehead atoms. The minimum absolute atomic E-state index is 0.143. The van der Waals surface area contributed by atoms with Crippen molar-refractivity contribution in [3.8, 4) is 28.7 Å². The highest BCUT2D eigenvalue weighted by atomic mass is 19.1. The third-order valence-electron chi connectivity index (χ3n) is 4.56. The highest BCUT2D eigenvalue weighted by molar-refractivity contribution is 5.83. The van der Waals surface area contributed by atoms with Crippen LogP contribution in [0.4, 0.5) is 4.39 Å². The van der Waals surface area contributed by atoms with Crippen LogP contribution in [0, 0.1) is 5.82 Å². The third-order valence-corrected chi connectivity index (χ3v) is 4.56. The minimum atomic E-state index is -0.424. The summed E-state index contributed by atoms with van der Waals surface area (Å²) in [5.41, 5.74) is 2.94. The fraction of sp³-hybridized carbons (Fsp3) is 0.100. The van der Waals surface area contributed by atoms with Gasteiger partial charge in [0.25, 0.3) is 5.89 Å². The van der Waals surface area contributed by atoms with E-state index in [0.717, 1.165) is 16.5 Å². The Labute approximate surface area is 163 Å². The fourth-order valence-electron chi connectivity index (χ4n) is 3.18. The zero-order valence-corrected chi connectivity index (χ0v) is 15.3. The van der Waals surface area contributed by atoms with E-state index in [1.807, 2.05) is 30.5 Å². The van der Waals surface area contributed by atoms with E-state index in [2.05, 4.69) is 25.4 Å². The van der Waals surface area contributed by atoms with Crippen LogP contribution in [0.25, 0.3) is 39.6 Å². The number of hydrogen-bond donors (Lipinski definition) is 1. The van der Waals surface area contributed by atoms with E-state index >= 15 is 0 Å². The van der Waals surface area contributed by atoms with Crippen LogP contribution in [-0.4, -0.2) is 37.2 Å². The molecule has 29 heavy (non-hydrogen) atoms. The summed E-state index contributed by atoms with van der Waals surface area (Å²) < 4.78 is 26.3. The second kappa shape index (κ2) is 6.95. The number of hydrogen-bond acceptors (Lipinski definition) is 6. The maximum atomic E-state index is 14.3. The number of fused-ring (bicyclic) bond motifs is 1. The summed E-state index contributed by atoms with van der Waals surface area (Å²) in [6.45, 7) is 0.143. The predicted molar refractivity (Wildman–Crippen MR) is 103 cm³/mol. The highest BCUT2D eigenvalue weighted by Gasteiger charge is 2.23. The van der Waals surface area contributed by atoms with E-state index in [1.54, 1.807) is 18.2 Å². The van der Waals surface area contributed by atoms with Crippen LogP contribution in [-0.2, 0) is 11.3 Å². The average Bonchev–Trinajstić information content (AvgIpc) is 3.47. The molecule has 0 saturated heterocycles. The van der Waals surface area contributed by atoms with E-state index < -0.39 is 5.82 Å². The maximum Gasteiger partial charge on any atom is 0.280 e. The van der Waals surface area contributed by atoms with Gasteiger partial charge in [-0.15, -0.1) is 5.10 Å². The molecule has 3 heterocycles. The molecule has 5 aromatic rings. The Morgan fingerprint density at radius 1 is 1.17 bits per heavy atom. The van der Waals surface area contributed by atoms with Crippen molar-refractivity contribution in [3.05, 3.63) is 66.2 Å². The molecule has 0 atom stereocenters. The number of rotatable bonds is 5. The molecule has 0 unspecified atom stereocenters. The number of nitrogens with one attached hydrogen (secondary N) is 1. The lowest BCUT2D eigenvalue weighted by molar-refractivity contribution is 0.179. The summed E-state index contributed by atoms with van der Waals surface area (Å²) in [4.78, 5) is 7.60. The fourth-order valence-corrected chi connectivity index (χ4v) is 3.18. The molecular weight excluding hydrogens is 375 g/mol. The van der Waals surface area contributed by atoms with Crippen molar-refractivity contribution < 1.29 is 13.7 Å². The van der Waals surface area contributed by atoms with Gasteiger partial charge in [0.1, 0.15) is 17.2 Å². The first kappa shape index (κ1) is 17.3. The van der Waals surface area contributed by atoms with Gasteiger partial charge in [0.2, 0.25) is 5.82 Å². The molecule has 144 valence electrons. The summed E-state index contributed by atoms with van der Waals surface area (Å²) in [5, 5.41) is 13.3. The summed E-state index contributed by atoms with van der Waals surface area (Å²) in [6, 6.07) is 14.1. The molecule has 5 rings (SSSR count). The van der Waals surface area contributed by atoms with Crippen LogP contribution in [0.1, 0.15) is 5.69 Å². The lowest BCUT2D eigenvalue weighted by Gasteiger charge is -2.06. The van der Waals surface area contributed by atoms with Crippen LogP contribution >= 0.6 is 0 Å². The number of nitrogens with zero attached hydrogens (tertiary/aromatic N) is 5. The van der Waals surface area contributed by atoms with Crippen molar-refractivity contribution in [2.75, 3.05) is 7.11 Å². The molecule has 0 amide bonds. The van der Waals surface area contributed by atoms with Gasteiger partial charge in [0.15, 0.2) is 5.69 Å². The minimum Gasteiger partial charge on any atom is -0.378 e. The van der Waals surface area contributed by atoms with E-state index in [9.17, 15) is 4.39 Å². The topological polar surface area (TPSA) is 94.7 Å². The first-order valence-corrected chi connectivity index (χ1v) is 8.84. The summed E-state index contributed by atoms with van der Waals surface area (Å²) in [7, 11) is 1.54. The number of methoxy groups -OCH3 is 1. The molecule has 0 radical (unpaired) electrons. The van der Waals surface area contributed by atoms with Gasteiger partial charge in [0, 0.05) is 29.8 Å². The van der Waals surface area contributed by atoms with Crippen LogP contribution < -0.4 is 0 Å². The molecule has 0 spiro atoms. The van der Waals surface area contributed by atoms with E-state index in [0.29, 0.717) is 17.2 Å². The number of aromatic amines is 1. The van der Waals surface area contributed by atoms with Gasteiger partial charge in [-0.25, -0.2) is 9.07 Å². The van der Waals surface area contributed by atoms with Gasteiger partial charge in [-0.05, 0) is 36.4 Å². The van der Waals surface area contributed by atoms with E-state index in [1.165, 1.54) is 17.9 Å². The van der Waals surface area contributed by atoms with E-state index in [4.69, 9.17) is 9.26 Å². The Balaban J connectivity index is 1.57. The van der Waals surface area contributed by atoms with Crippen LogP contribution in [0.3, 0.4) is 0 Å². The van der Waals surface area contributed by atoms with Crippen LogP contribution in [0.15, 0.2) is 59.3 Å². The number of H-pyrrole nitrogens is 1. The van der Waals surface area contributed by atoms with Crippen molar-refractivity contribution >= 4 is 10.9 Å². The molecule has 8 nitrogen and oxygen atoms in total. The highest BCUT2D eigenvalue weighted by Crippen LogP contribution is 2.27. The first-order chi connectivity index (χ1) is 14.2. The lowest BCUT2D eigenvalue weighted by Crippen LogP contribution is -2.06. The molecule has 9 heteroatoms. The Morgan fingerprint density at radius 2 is 2.07 bits per heavy atom. The predicted octanol–water partition coefficient (Wildman–Crippen LogP) is 3.75. The quantitative estimate of drug-likeness (QED) is 0.491. The normalized spacial score (nSPS) is 11.4. The lowest BCUT2D eigenvalue weighted by atomic mass is 10.1. The summed E-state index contributed by atoms with van der Waals surface area (Å²) in [5.74, 6) is 0.183. The van der Waals surface area contributed by atoms with Crippen molar-refractivity contribution in [2.24, 2.45) is 0 Å². The summed E-state index contributed by atoms with van der Waals surface area (Å²) in [6.07, 6.45) is 1.87. The van der Waals surface area contributed by atoms with Gasteiger partial charge in [-0.3, -0.25) is 0 Å². The molecule has 0 aliphatic carbocycles. The smallest absolute Gasteiger partial charge is 0.280 e. The van der Waals surface area contributed by atoms with E-state index in [-0.39, 0.29) is 18.2 Å². The van der Waals surface area contributed by atoms with Crippen molar-refractivity contribution in [1.29, 1.82) is 0 Å². The molecule has 2 aromatic carbocycles. The maximum absolute atomic E-state index is 14.3. The van der Waals surface area contributed by atoms with Crippen LogP contribution in [0.5, 0.6) is 0 Å². The molecule has 0 saturated carbocycles. The number of aromatic nitrogens is 6. The molecule has 3 aromatic heterocycles. The zero-order valence-electron chi connectivity index (χ0n) is 15.3. The number of ether oxygens (including phenoxy) is 1. The van der Waals surface area contributed by atoms with Crippen LogP contribution in [0.2, 0.25) is 0 Å². The molecule has 0 aliphatic rings. The van der Waals surface area contributed by atoms with Gasteiger partial charge in [-0.2, -0.15) is 4.98 Å². The SMILES string of the molecule is COCc1c(-c2nc(-c3ccc4[nH]ccc4c3)no2)nnn1-c1ccccc1F. The van der Waals surface area contributed by atoms with Crippen molar-refractivity contribution in [2.45, 2.75) is 6.61 Å². The Kier molecular flexibility index (Phi) is 4.14. The monoisotopic (exact) mass is 390 g/mol. The molecular formula is C20H15FN6O2. The van der Waals surface area contributed by atoms with Gasteiger partial charge < -0.3 is 14.2 Å². The second-order valence-electron chi connectivity index (χ2n) is 6.38. The van der Waals surface area contributed by atoms with Gasteiger partial charge >= 0.3 is 0 Å². The molecule has 1 N–H and O–H groups in total. The Morgan fingerprint density at radius 3 is 2.93 bits per heavy atom. The zero-order chi connectivity index (χ0) is 19.8. The largest absolute Gasteiger partial charge is 0.378 e. The standard InChI is InChI=1S/C20H15FN6O2/c1-28-11-17-18(24-26-27(17)16-5-3-2-4-14(16)21)20-23-19(25-29-20)13-6-7-15-12(10-13)8-9-22-15/h2-10,22H,11H2,1H3. The first-order valence-electron chi connectivity index (χ1n) is 8.84. The van der Waals surface area contributed by atoms with Gasteiger partial charge in [-0.1, -0.05) is 22.5 Å². The van der Waals surface area contributed by atoms with Crippen molar-refractivity contribution in [1.82, 2.24) is 30.1 Å². The Hall–Kier alpha value is -3.85. The third kappa shape index (κ3) is 2.97. The molecule has 0 fully saturated rings. The van der Waals surface area contributed by atoms with Crippen molar-refractivity contribution in [3.63, 3.8) is 0 Å². The number of benzene rings is 2. The average molecular weight is 390 g/mol. The number of para-hydroxylation sites is 1. The molecule has 0 aliphatic heterocycles. The second-order valence-corrected chi connectivity index (χ2v) is 6.38. The number of halogens is 1. The summed E-state index contributed by atoms with van der Waals surface area (Å²) >= 11 is 0. The van der Waals surface area contributed by atoms with Gasteiger partial charge in [0.05, 0.1) is 6.61 Å².